The molecule has 1 fully saturated rings. The normalized spacial score (nSPS) is 19.6. The van der Waals surface area contributed by atoms with Crippen LogP contribution in [0.4, 0.5) is 11.4 Å². The van der Waals surface area contributed by atoms with Gasteiger partial charge in [-0.2, -0.15) is 0 Å². The maximum atomic E-state index is 11.7. The molecule has 136 valence electrons. The van der Waals surface area contributed by atoms with Gasteiger partial charge in [0, 0.05) is 31.3 Å². The number of hydrogen-bond acceptors (Lipinski definition) is 5. The molecule has 1 heterocycles. The van der Waals surface area contributed by atoms with Gasteiger partial charge in [0.2, 0.25) is 0 Å². The van der Waals surface area contributed by atoms with E-state index in [9.17, 15) is 14.9 Å². The molecule has 2 aromatic carbocycles. The summed E-state index contributed by atoms with van der Waals surface area (Å²) in [7, 11) is 1.49. The molecular weight excluding hydrogens is 334 g/mol. The fraction of sp³-hybridized carbons (Fsp3) is 0.316. The SMILES string of the molecule is CNC(=O)c1ccc(NC2CCOC(c3ccccc3)C2)c([N+](=O)[O-])c1. The average molecular weight is 355 g/mol. The lowest BCUT2D eigenvalue weighted by Crippen LogP contribution is -2.30. The number of nitrogens with zero attached hydrogens (tertiary/aromatic N) is 1. The van der Waals surface area contributed by atoms with Crippen LogP contribution in [0.15, 0.2) is 48.5 Å². The number of carbonyl (C=O) groups is 1. The van der Waals surface area contributed by atoms with E-state index in [1.165, 1.54) is 13.1 Å². The standard InChI is InChI=1S/C19H21N3O4/c1-20-19(23)14-7-8-16(17(11-14)22(24)25)21-15-9-10-26-18(12-15)13-5-3-2-4-6-13/h2-8,11,15,18,21H,9-10,12H2,1H3,(H,20,23). The Morgan fingerprint density at radius 1 is 1.23 bits per heavy atom. The molecule has 26 heavy (non-hydrogen) atoms. The average Bonchev–Trinajstić information content (AvgIpc) is 2.68. The molecule has 0 aromatic heterocycles. The second kappa shape index (κ2) is 7.97. The monoisotopic (exact) mass is 355 g/mol. The van der Waals surface area contributed by atoms with Crippen molar-refractivity contribution in [2.45, 2.75) is 25.0 Å². The van der Waals surface area contributed by atoms with Crippen LogP contribution in [0.25, 0.3) is 0 Å². The van der Waals surface area contributed by atoms with Gasteiger partial charge >= 0.3 is 0 Å². The second-order valence-corrected chi connectivity index (χ2v) is 6.20. The molecule has 0 aliphatic carbocycles. The van der Waals surface area contributed by atoms with Gasteiger partial charge in [0.25, 0.3) is 11.6 Å². The zero-order valence-corrected chi connectivity index (χ0v) is 14.5. The van der Waals surface area contributed by atoms with Gasteiger partial charge in [0.1, 0.15) is 5.69 Å². The molecule has 0 bridgehead atoms. The van der Waals surface area contributed by atoms with Crippen LogP contribution < -0.4 is 10.6 Å². The predicted octanol–water partition coefficient (Wildman–Crippen LogP) is 3.29. The third-order valence-electron chi connectivity index (χ3n) is 4.50. The minimum Gasteiger partial charge on any atom is -0.377 e. The molecule has 7 heteroatoms. The zero-order valence-electron chi connectivity index (χ0n) is 14.5. The van der Waals surface area contributed by atoms with Crippen molar-refractivity contribution in [1.82, 2.24) is 5.32 Å². The molecular formula is C19H21N3O4. The molecule has 2 N–H and O–H groups in total. The van der Waals surface area contributed by atoms with E-state index in [0.29, 0.717) is 12.3 Å². The summed E-state index contributed by atoms with van der Waals surface area (Å²) in [6.45, 7) is 0.585. The highest BCUT2D eigenvalue weighted by molar-refractivity contribution is 5.95. The van der Waals surface area contributed by atoms with Crippen LogP contribution in [0.1, 0.15) is 34.9 Å². The predicted molar refractivity (Wildman–Crippen MR) is 98.3 cm³/mol. The van der Waals surface area contributed by atoms with Crippen LogP contribution in [0, 0.1) is 10.1 Å². The van der Waals surface area contributed by atoms with Crippen LogP contribution in [0.3, 0.4) is 0 Å². The van der Waals surface area contributed by atoms with Gasteiger partial charge in [-0.05, 0) is 30.5 Å². The molecule has 1 saturated heterocycles. The van der Waals surface area contributed by atoms with Crippen molar-refractivity contribution in [2.75, 3.05) is 19.0 Å². The molecule has 0 radical (unpaired) electrons. The summed E-state index contributed by atoms with van der Waals surface area (Å²) in [6.07, 6.45) is 1.45. The van der Waals surface area contributed by atoms with E-state index < -0.39 is 4.92 Å². The number of hydrogen-bond donors (Lipinski definition) is 2. The number of rotatable bonds is 5. The summed E-state index contributed by atoms with van der Waals surface area (Å²) in [4.78, 5) is 22.7. The highest BCUT2D eigenvalue weighted by Gasteiger charge is 2.26. The van der Waals surface area contributed by atoms with Crippen molar-refractivity contribution >= 4 is 17.3 Å². The van der Waals surface area contributed by atoms with Crippen molar-refractivity contribution in [3.63, 3.8) is 0 Å². The Labute approximate surface area is 151 Å². The maximum absolute atomic E-state index is 11.7. The van der Waals surface area contributed by atoms with Gasteiger partial charge in [-0.15, -0.1) is 0 Å². The molecule has 0 saturated carbocycles. The van der Waals surface area contributed by atoms with Crippen LogP contribution in [0.5, 0.6) is 0 Å². The van der Waals surface area contributed by atoms with E-state index in [2.05, 4.69) is 10.6 Å². The quantitative estimate of drug-likeness (QED) is 0.634. The third kappa shape index (κ3) is 4.00. The first-order chi connectivity index (χ1) is 12.6. The molecule has 2 aromatic rings. The van der Waals surface area contributed by atoms with Crippen molar-refractivity contribution < 1.29 is 14.5 Å². The van der Waals surface area contributed by atoms with Crippen molar-refractivity contribution in [1.29, 1.82) is 0 Å². The summed E-state index contributed by atoms with van der Waals surface area (Å²) in [6, 6.07) is 14.5. The van der Waals surface area contributed by atoms with Gasteiger partial charge in [-0.1, -0.05) is 30.3 Å². The highest BCUT2D eigenvalue weighted by atomic mass is 16.6. The first-order valence-corrected chi connectivity index (χ1v) is 8.52. The number of nitro groups is 1. The molecule has 3 rings (SSSR count). The van der Waals surface area contributed by atoms with E-state index in [0.717, 1.165) is 18.4 Å². The number of ether oxygens (including phenoxy) is 1. The third-order valence-corrected chi connectivity index (χ3v) is 4.50. The fourth-order valence-corrected chi connectivity index (χ4v) is 3.14. The lowest BCUT2D eigenvalue weighted by Gasteiger charge is -2.31. The Balaban J connectivity index is 1.77. The molecule has 0 spiro atoms. The van der Waals surface area contributed by atoms with Crippen LogP contribution >= 0.6 is 0 Å². The Hall–Kier alpha value is -2.93. The first kappa shape index (κ1) is 17.9. The molecule has 1 amide bonds. The molecule has 1 aliphatic heterocycles. The number of carbonyl (C=O) groups excluding carboxylic acids is 1. The summed E-state index contributed by atoms with van der Waals surface area (Å²) >= 11 is 0. The largest absolute Gasteiger partial charge is 0.377 e. The van der Waals surface area contributed by atoms with Gasteiger partial charge in [0.05, 0.1) is 11.0 Å². The van der Waals surface area contributed by atoms with Gasteiger partial charge in [0.15, 0.2) is 0 Å². The van der Waals surface area contributed by atoms with E-state index in [4.69, 9.17) is 4.74 Å². The van der Waals surface area contributed by atoms with Gasteiger partial charge in [-0.25, -0.2) is 0 Å². The minimum atomic E-state index is -0.469. The summed E-state index contributed by atoms with van der Waals surface area (Å²) in [5.74, 6) is -0.352. The van der Waals surface area contributed by atoms with Crippen molar-refractivity contribution in [3.8, 4) is 0 Å². The van der Waals surface area contributed by atoms with E-state index in [1.54, 1.807) is 12.1 Å². The highest BCUT2D eigenvalue weighted by Crippen LogP contribution is 2.32. The molecule has 2 atom stereocenters. The van der Waals surface area contributed by atoms with Crippen molar-refractivity contribution in [3.05, 3.63) is 69.8 Å². The Kier molecular flexibility index (Phi) is 5.48. The number of anilines is 1. The van der Waals surface area contributed by atoms with Crippen molar-refractivity contribution in [2.24, 2.45) is 0 Å². The Morgan fingerprint density at radius 3 is 2.69 bits per heavy atom. The van der Waals surface area contributed by atoms with Crippen LogP contribution in [0.2, 0.25) is 0 Å². The van der Waals surface area contributed by atoms with E-state index in [-0.39, 0.29) is 29.3 Å². The Bertz CT molecular complexity index is 795. The second-order valence-electron chi connectivity index (χ2n) is 6.20. The summed E-state index contributed by atoms with van der Waals surface area (Å²) in [5.41, 5.74) is 1.68. The number of benzene rings is 2. The number of nitro benzene ring substituents is 1. The van der Waals surface area contributed by atoms with Gasteiger partial charge in [-0.3, -0.25) is 14.9 Å². The minimum absolute atomic E-state index is 0.0355. The zero-order chi connectivity index (χ0) is 18.5. The molecule has 7 nitrogen and oxygen atoms in total. The lowest BCUT2D eigenvalue weighted by atomic mass is 9.97. The van der Waals surface area contributed by atoms with Crippen LogP contribution in [-0.2, 0) is 4.74 Å². The molecule has 2 unspecified atom stereocenters. The first-order valence-electron chi connectivity index (χ1n) is 8.52. The lowest BCUT2D eigenvalue weighted by molar-refractivity contribution is -0.384. The number of amides is 1. The topological polar surface area (TPSA) is 93.5 Å². The summed E-state index contributed by atoms with van der Waals surface area (Å²) < 4.78 is 5.85. The van der Waals surface area contributed by atoms with Crippen LogP contribution in [-0.4, -0.2) is 30.5 Å². The Morgan fingerprint density at radius 2 is 2.00 bits per heavy atom. The smallest absolute Gasteiger partial charge is 0.293 e. The van der Waals surface area contributed by atoms with E-state index in [1.807, 2.05) is 30.3 Å². The van der Waals surface area contributed by atoms with E-state index >= 15 is 0 Å². The van der Waals surface area contributed by atoms with Gasteiger partial charge < -0.3 is 15.4 Å². The maximum Gasteiger partial charge on any atom is 0.293 e. The number of nitrogens with one attached hydrogen (secondary N) is 2. The summed E-state index contributed by atoms with van der Waals surface area (Å²) in [5, 5.41) is 17.2. The molecule has 1 aliphatic rings. The fourth-order valence-electron chi connectivity index (χ4n) is 3.14.